The van der Waals surface area contributed by atoms with E-state index in [1.165, 1.54) is 11.1 Å². The van der Waals surface area contributed by atoms with Gasteiger partial charge in [0.2, 0.25) is 0 Å². The van der Waals surface area contributed by atoms with Gasteiger partial charge in [0.25, 0.3) is 0 Å². The summed E-state index contributed by atoms with van der Waals surface area (Å²) in [5, 5.41) is 19.5. The van der Waals surface area contributed by atoms with Crippen molar-refractivity contribution >= 4 is 11.8 Å². The average molecular weight is 415 g/mol. The number of fused-ring (bicyclic) bond motifs is 5. The van der Waals surface area contributed by atoms with Crippen LogP contribution in [0.25, 0.3) is 0 Å². The van der Waals surface area contributed by atoms with Crippen molar-refractivity contribution in [1.29, 1.82) is 0 Å². The molecule has 2 saturated carbocycles. The molecule has 0 saturated heterocycles. The number of ether oxygens (including phenoxy) is 1. The van der Waals surface area contributed by atoms with Crippen molar-refractivity contribution in [1.82, 2.24) is 0 Å². The number of aryl methyl sites for hydroxylation is 1. The molecular formula is C25H34O5. The number of ketones is 1. The lowest BCUT2D eigenvalue weighted by molar-refractivity contribution is -0.137. The number of phenolic OH excluding ortho intramolecular Hbond substituents is 1. The van der Waals surface area contributed by atoms with Crippen molar-refractivity contribution in [2.24, 2.45) is 23.2 Å². The molecule has 2 N–H and O–H groups in total. The number of methoxy groups -OCH3 is 1. The van der Waals surface area contributed by atoms with E-state index in [1.54, 1.807) is 7.11 Å². The Balaban J connectivity index is 1.62. The van der Waals surface area contributed by atoms with Crippen LogP contribution in [0.15, 0.2) is 12.1 Å². The monoisotopic (exact) mass is 414 g/mol. The standard InChI is InChI=1S/C25H34O5/c1-25-10-8-18-19(24(25)17(14-22(25)27)4-3-5-23(28)29)7-6-15-13-21(26)16(9-11-30-2)12-20(15)18/h12-13,17-19,24,26H,3-11,14H2,1-2H3,(H,28,29)/t17-,18+,19-,24+,25-/m1/s1. The zero-order valence-electron chi connectivity index (χ0n) is 18.2. The summed E-state index contributed by atoms with van der Waals surface area (Å²) in [6.45, 7) is 2.76. The molecule has 4 rings (SSSR count). The second-order valence-electron chi connectivity index (χ2n) is 9.89. The van der Waals surface area contributed by atoms with Crippen LogP contribution in [0.5, 0.6) is 5.75 Å². The number of hydrogen-bond acceptors (Lipinski definition) is 4. The summed E-state index contributed by atoms with van der Waals surface area (Å²) >= 11 is 0. The van der Waals surface area contributed by atoms with E-state index in [0.29, 0.717) is 61.1 Å². The molecule has 1 aromatic rings. The number of rotatable bonds is 7. The molecule has 164 valence electrons. The normalized spacial score (nSPS) is 32.4. The molecule has 0 amide bonds. The number of aliphatic carboxylic acids is 1. The molecule has 0 spiro atoms. The Morgan fingerprint density at radius 3 is 2.83 bits per heavy atom. The summed E-state index contributed by atoms with van der Waals surface area (Å²) in [5.41, 5.74) is 3.32. The molecule has 0 aromatic heterocycles. The highest BCUT2D eigenvalue weighted by atomic mass is 16.5. The van der Waals surface area contributed by atoms with Crippen LogP contribution in [-0.2, 0) is 27.2 Å². The van der Waals surface area contributed by atoms with E-state index in [0.717, 1.165) is 37.7 Å². The van der Waals surface area contributed by atoms with E-state index < -0.39 is 5.97 Å². The van der Waals surface area contributed by atoms with Crippen LogP contribution >= 0.6 is 0 Å². The van der Waals surface area contributed by atoms with Gasteiger partial charge in [-0.15, -0.1) is 0 Å². The molecule has 3 aliphatic rings. The van der Waals surface area contributed by atoms with E-state index in [4.69, 9.17) is 9.84 Å². The minimum atomic E-state index is -0.751. The second-order valence-corrected chi connectivity index (χ2v) is 9.89. The van der Waals surface area contributed by atoms with Crippen molar-refractivity contribution in [3.63, 3.8) is 0 Å². The van der Waals surface area contributed by atoms with Crippen LogP contribution < -0.4 is 0 Å². The van der Waals surface area contributed by atoms with Crippen LogP contribution in [0.2, 0.25) is 0 Å². The molecule has 0 aliphatic heterocycles. The maximum absolute atomic E-state index is 13.0. The lowest BCUT2D eigenvalue weighted by Gasteiger charge is -2.50. The highest BCUT2D eigenvalue weighted by Crippen LogP contribution is 2.62. The summed E-state index contributed by atoms with van der Waals surface area (Å²) in [6, 6.07) is 4.15. The SMILES string of the molecule is COCCc1cc2c(cc1O)CC[C@H]1[C@@H]3[C@H](CCCC(=O)O)CC(=O)[C@@]3(C)CC[C@H]21. The molecule has 5 nitrogen and oxygen atoms in total. The third kappa shape index (κ3) is 3.66. The highest BCUT2D eigenvalue weighted by Gasteiger charge is 2.58. The molecule has 2 fully saturated rings. The van der Waals surface area contributed by atoms with Gasteiger partial charge in [-0.25, -0.2) is 0 Å². The van der Waals surface area contributed by atoms with E-state index >= 15 is 0 Å². The minimum Gasteiger partial charge on any atom is -0.508 e. The zero-order valence-corrected chi connectivity index (χ0v) is 18.2. The van der Waals surface area contributed by atoms with Crippen LogP contribution in [0.3, 0.4) is 0 Å². The number of phenols is 1. The largest absolute Gasteiger partial charge is 0.508 e. The molecule has 0 bridgehead atoms. The predicted molar refractivity (Wildman–Crippen MR) is 114 cm³/mol. The minimum absolute atomic E-state index is 0.188. The van der Waals surface area contributed by atoms with Gasteiger partial charge >= 0.3 is 5.97 Å². The Kier molecular flexibility index (Phi) is 5.93. The average Bonchev–Trinajstić information content (AvgIpc) is 2.96. The molecule has 0 radical (unpaired) electrons. The molecule has 5 atom stereocenters. The number of carbonyl (C=O) groups is 2. The second kappa shape index (κ2) is 8.33. The lowest BCUT2D eigenvalue weighted by Crippen LogP contribution is -2.44. The first kappa shape index (κ1) is 21.4. The molecule has 1 aromatic carbocycles. The van der Waals surface area contributed by atoms with E-state index in [1.807, 2.05) is 6.07 Å². The summed E-state index contributed by atoms with van der Waals surface area (Å²) < 4.78 is 5.21. The number of carbonyl (C=O) groups excluding carboxylic acids is 1. The van der Waals surface area contributed by atoms with Gasteiger partial charge in [0.05, 0.1) is 6.61 Å². The maximum Gasteiger partial charge on any atom is 0.303 e. The van der Waals surface area contributed by atoms with Crippen molar-refractivity contribution in [2.75, 3.05) is 13.7 Å². The van der Waals surface area contributed by atoms with Crippen LogP contribution in [0.1, 0.15) is 74.5 Å². The number of Topliss-reactive ketones (excluding diaryl/α,β-unsaturated/α-hetero) is 1. The van der Waals surface area contributed by atoms with E-state index in [-0.39, 0.29) is 11.8 Å². The highest BCUT2D eigenvalue weighted by molar-refractivity contribution is 5.87. The molecule has 0 heterocycles. The third-order valence-electron chi connectivity index (χ3n) is 8.31. The Hall–Kier alpha value is -1.88. The van der Waals surface area contributed by atoms with Gasteiger partial charge in [-0.05, 0) is 91.4 Å². The maximum atomic E-state index is 13.0. The fourth-order valence-electron chi connectivity index (χ4n) is 6.91. The molecule has 5 heteroatoms. The van der Waals surface area contributed by atoms with Gasteiger partial charge in [0.1, 0.15) is 11.5 Å². The van der Waals surface area contributed by atoms with Gasteiger partial charge in [-0.1, -0.05) is 13.0 Å². The summed E-state index contributed by atoms with van der Waals surface area (Å²) in [5.74, 6) is 1.57. The van der Waals surface area contributed by atoms with Crippen LogP contribution in [-0.4, -0.2) is 35.7 Å². The van der Waals surface area contributed by atoms with Crippen LogP contribution in [0.4, 0.5) is 0 Å². The summed E-state index contributed by atoms with van der Waals surface area (Å²) in [4.78, 5) is 24.0. The summed E-state index contributed by atoms with van der Waals surface area (Å²) in [6.07, 6.45) is 6.93. The number of carboxylic acids is 1. The Labute approximate surface area is 178 Å². The topological polar surface area (TPSA) is 83.8 Å². The summed E-state index contributed by atoms with van der Waals surface area (Å²) in [7, 11) is 1.68. The molecule has 30 heavy (non-hydrogen) atoms. The first-order chi connectivity index (χ1) is 14.3. The van der Waals surface area contributed by atoms with Gasteiger partial charge < -0.3 is 14.9 Å². The third-order valence-corrected chi connectivity index (χ3v) is 8.31. The Morgan fingerprint density at radius 1 is 1.30 bits per heavy atom. The number of carboxylic acid groups (broad SMARTS) is 1. The van der Waals surface area contributed by atoms with Crippen molar-refractivity contribution in [3.05, 3.63) is 28.8 Å². The fraction of sp³-hybridized carbons (Fsp3) is 0.680. The smallest absolute Gasteiger partial charge is 0.303 e. The molecule has 3 aliphatic carbocycles. The Morgan fingerprint density at radius 2 is 2.10 bits per heavy atom. The predicted octanol–water partition coefficient (Wildman–Crippen LogP) is 4.49. The van der Waals surface area contributed by atoms with Crippen LogP contribution in [0, 0.1) is 23.2 Å². The number of aromatic hydroxyl groups is 1. The quantitative estimate of drug-likeness (QED) is 0.687. The van der Waals surface area contributed by atoms with Gasteiger partial charge in [0, 0.05) is 25.4 Å². The zero-order chi connectivity index (χ0) is 21.5. The number of benzene rings is 1. The van der Waals surface area contributed by atoms with Gasteiger partial charge in [-0.2, -0.15) is 0 Å². The first-order valence-corrected chi connectivity index (χ1v) is 11.4. The van der Waals surface area contributed by atoms with Gasteiger partial charge in [-0.3, -0.25) is 9.59 Å². The van der Waals surface area contributed by atoms with E-state index in [9.17, 15) is 14.7 Å². The molecular weight excluding hydrogens is 380 g/mol. The van der Waals surface area contributed by atoms with Gasteiger partial charge in [0.15, 0.2) is 0 Å². The van der Waals surface area contributed by atoms with Crippen molar-refractivity contribution < 1.29 is 24.5 Å². The van der Waals surface area contributed by atoms with Crippen molar-refractivity contribution in [3.8, 4) is 5.75 Å². The fourth-order valence-corrected chi connectivity index (χ4v) is 6.91. The number of hydrogen-bond donors (Lipinski definition) is 2. The van der Waals surface area contributed by atoms with E-state index in [2.05, 4.69) is 13.0 Å². The lowest BCUT2D eigenvalue weighted by atomic mass is 9.54. The van der Waals surface area contributed by atoms with Crippen molar-refractivity contribution in [2.45, 2.75) is 70.6 Å². The first-order valence-electron chi connectivity index (χ1n) is 11.4. The Bertz CT molecular complexity index is 831. The molecule has 0 unspecified atom stereocenters.